The van der Waals surface area contributed by atoms with Crippen LogP contribution in [0, 0.1) is 0 Å². The Kier molecular flexibility index (Phi) is 6.43. The summed E-state index contributed by atoms with van der Waals surface area (Å²) in [6.45, 7) is 4.36. The summed E-state index contributed by atoms with van der Waals surface area (Å²) in [5.41, 5.74) is 0.472. The molecule has 0 aliphatic carbocycles. The van der Waals surface area contributed by atoms with Gasteiger partial charge in [-0.15, -0.1) is 0 Å². The van der Waals surface area contributed by atoms with Crippen molar-refractivity contribution in [3.8, 4) is 11.5 Å². The van der Waals surface area contributed by atoms with E-state index in [0.717, 1.165) is 6.29 Å². The second kappa shape index (κ2) is 8.54. The number of hydrogen-bond acceptors (Lipinski definition) is 6. The molecule has 0 aliphatic heterocycles. The number of carbonyl (C=O) groups is 2. The van der Waals surface area contributed by atoms with Crippen molar-refractivity contribution in [3.05, 3.63) is 45.8 Å². The van der Waals surface area contributed by atoms with Gasteiger partial charge >= 0.3 is 5.97 Å². The number of halogens is 1. The van der Waals surface area contributed by atoms with Gasteiger partial charge in [0.2, 0.25) is 5.76 Å². The molecule has 128 valence electrons. The van der Waals surface area contributed by atoms with Gasteiger partial charge in [-0.25, -0.2) is 4.79 Å². The largest absolute Gasteiger partial charge is 0.490 e. The van der Waals surface area contributed by atoms with Crippen LogP contribution in [-0.2, 0) is 11.3 Å². The molecule has 0 radical (unpaired) electrons. The van der Waals surface area contributed by atoms with Crippen LogP contribution in [0.25, 0.3) is 0 Å². The van der Waals surface area contributed by atoms with Crippen LogP contribution in [0.4, 0.5) is 0 Å². The van der Waals surface area contributed by atoms with Gasteiger partial charge < -0.3 is 18.6 Å². The quantitative estimate of drug-likeness (QED) is 0.495. The maximum Gasteiger partial charge on any atom is 0.374 e. The molecule has 0 saturated carbocycles. The Balaban J connectivity index is 2.14. The molecule has 0 unspecified atom stereocenters. The topological polar surface area (TPSA) is 75.0 Å². The average Bonchev–Trinajstić information content (AvgIpc) is 3.03. The molecule has 0 fully saturated rings. The van der Waals surface area contributed by atoms with Crippen LogP contribution >= 0.6 is 15.9 Å². The first-order chi connectivity index (χ1) is 11.6. The van der Waals surface area contributed by atoms with Gasteiger partial charge in [0.05, 0.1) is 17.7 Å². The van der Waals surface area contributed by atoms with Crippen LogP contribution in [0.5, 0.6) is 11.5 Å². The normalized spacial score (nSPS) is 10.3. The number of rotatable bonds is 8. The van der Waals surface area contributed by atoms with Crippen molar-refractivity contribution < 1.29 is 28.2 Å². The maximum atomic E-state index is 11.6. The highest BCUT2D eigenvalue weighted by atomic mass is 79.9. The summed E-state index contributed by atoms with van der Waals surface area (Å²) in [4.78, 5) is 22.5. The van der Waals surface area contributed by atoms with Crippen molar-refractivity contribution in [1.29, 1.82) is 0 Å². The lowest BCUT2D eigenvalue weighted by molar-refractivity contribution is 0.0486. The SMILES string of the molecule is CCOC(=O)c1ccc(COc2c(Br)cc(C=O)cc2OCC)o1. The monoisotopic (exact) mass is 396 g/mol. The Morgan fingerprint density at radius 1 is 1.21 bits per heavy atom. The summed E-state index contributed by atoms with van der Waals surface area (Å²) >= 11 is 3.36. The predicted molar refractivity (Wildman–Crippen MR) is 89.7 cm³/mol. The molecule has 1 heterocycles. The van der Waals surface area contributed by atoms with E-state index >= 15 is 0 Å². The third-order valence-corrected chi connectivity index (χ3v) is 3.55. The summed E-state index contributed by atoms with van der Waals surface area (Å²) in [6.07, 6.45) is 0.731. The van der Waals surface area contributed by atoms with Gasteiger partial charge in [-0.1, -0.05) is 0 Å². The highest BCUT2D eigenvalue weighted by molar-refractivity contribution is 9.10. The van der Waals surface area contributed by atoms with E-state index in [1.54, 1.807) is 25.1 Å². The van der Waals surface area contributed by atoms with Crippen molar-refractivity contribution in [1.82, 2.24) is 0 Å². The summed E-state index contributed by atoms with van der Waals surface area (Å²) in [7, 11) is 0. The molecule has 0 atom stereocenters. The number of esters is 1. The van der Waals surface area contributed by atoms with E-state index in [1.807, 2.05) is 6.92 Å². The van der Waals surface area contributed by atoms with E-state index in [1.165, 1.54) is 6.07 Å². The molecule has 1 aromatic heterocycles. The number of benzene rings is 1. The first kappa shape index (κ1) is 18.1. The number of aldehydes is 1. The van der Waals surface area contributed by atoms with Gasteiger partial charge in [0.15, 0.2) is 11.5 Å². The summed E-state index contributed by atoms with van der Waals surface area (Å²) < 4.78 is 22.1. The van der Waals surface area contributed by atoms with Crippen molar-refractivity contribution >= 4 is 28.2 Å². The van der Waals surface area contributed by atoms with Gasteiger partial charge in [0.25, 0.3) is 0 Å². The number of hydrogen-bond donors (Lipinski definition) is 0. The van der Waals surface area contributed by atoms with E-state index in [-0.39, 0.29) is 19.0 Å². The molecule has 2 aromatic rings. The van der Waals surface area contributed by atoms with Gasteiger partial charge in [0.1, 0.15) is 18.7 Å². The van der Waals surface area contributed by atoms with Crippen molar-refractivity contribution in [2.24, 2.45) is 0 Å². The van der Waals surface area contributed by atoms with E-state index in [4.69, 9.17) is 18.6 Å². The molecule has 0 amide bonds. The molecule has 0 aliphatic rings. The second-order valence-corrected chi connectivity index (χ2v) is 5.51. The highest BCUT2D eigenvalue weighted by Crippen LogP contribution is 2.37. The van der Waals surface area contributed by atoms with E-state index in [0.29, 0.717) is 33.9 Å². The van der Waals surface area contributed by atoms with Crippen molar-refractivity contribution in [2.45, 2.75) is 20.5 Å². The molecular formula is C17H17BrO6. The molecule has 1 aromatic carbocycles. The molecule has 0 spiro atoms. The Morgan fingerprint density at radius 3 is 2.67 bits per heavy atom. The predicted octanol–water partition coefficient (Wildman–Crippen LogP) is 4.01. The Hall–Kier alpha value is -2.28. The first-order valence-corrected chi connectivity index (χ1v) is 8.18. The fourth-order valence-electron chi connectivity index (χ4n) is 1.97. The van der Waals surface area contributed by atoms with Gasteiger partial charge in [-0.2, -0.15) is 0 Å². The Bertz CT molecular complexity index is 722. The molecule has 7 heteroatoms. The molecule has 24 heavy (non-hydrogen) atoms. The van der Waals surface area contributed by atoms with Crippen LogP contribution in [0.2, 0.25) is 0 Å². The fourth-order valence-corrected chi connectivity index (χ4v) is 2.54. The third kappa shape index (κ3) is 4.38. The summed E-state index contributed by atoms with van der Waals surface area (Å²) in [5.74, 6) is 0.973. The van der Waals surface area contributed by atoms with Crippen LogP contribution in [0.1, 0.15) is 40.5 Å². The number of ether oxygens (including phenoxy) is 3. The molecule has 2 rings (SSSR count). The lowest BCUT2D eigenvalue weighted by Gasteiger charge is -2.13. The van der Waals surface area contributed by atoms with Crippen molar-refractivity contribution in [2.75, 3.05) is 13.2 Å². The van der Waals surface area contributed by atoms with Gasteiger partial charge in [-0.05, 0) is 54.0 Å². The van der Waals surface area contributed by atoms with Crippen LogP contribution < -0.4 is 9.47 Å². The average molecular weight is 397 g/mol. The molecule has 0 bridgehead atoms. The Morgan fingerprint density at radius 2 is 2.00 bits per heavy atom. The molecule has 0 N–H and O–H groups in total. The zero-order valence-electron chi connectivity index (χ0n) is 13.3. The van der Waals surface area contributed by atoms with Crippen LogP contribution in [-0.4, -0.2) is 25.5 Å². The van der Waals surface area contributed by atoms with E-state index < -0.39 is 5.97 Å². The minimum atomic E-state index is -0.518. The Labute approximate surface area is 147 Å². The lowest BCUT2D eigenvalue weighted by atomic mass is 10.2. The van der Waals surface area contributed by atoms with Crippen LogP contribution in [0.3, 0.4) is 0 Å². The lowest BCUT2D eigenvalue weighted by Crippen LogP contribution is -2.03. The van der Waals surface area contributed by atoms with Crippen molar-refractivity contribution in [3.63, 3.8) is 0 Å². The summed E-state index contributed by atoms with van der Waals surface area (Å²) in [5, 5.41) is 0. The number of carbonyl (C=O) groups excluding carboxylic acids is 2. The minimum Gasteiger partial charge on any atom is -0.490 e. The summed E-state index contributed by atoms with van der Waals surface area (Å²) in [6, 6.07) is 6.41. The smallest absolute Gasteiger partial charge is 0.374 e. The van der Waals surface area contributed by atoms with Gasteiger partial charge in [-0.3, -0.25) is 4.79 Å². The number of furan rings is 1. The van der Waals surface area contributed by atoms with Crippen LogP contribution in [0.15, 0.2) is 33.2 Å². The first-order valence-electron chi connectivity index (χ1n) is 7.39. The molecular weight excluding hydrogens is 380 g/mol. The fraction of sp³-hybridized carbons (Fsp3) is 0.294. The molecule has 0 saturated heterocycles. The highest BCUT2D eigenvalue weighted by Gasteiger charge is 2.15. The van der Waals surface area contributed by atoms with E-state index in [9.17, 15) is 9.59 Å². The zero-order chi connectivity index (χ0) is 17.5. The van der Waals surface area contributed by atoms with Gasteiger partial charge in [0, 0.05) is 5.56 Å². The molecule has 6 nitrogen and oxygen atoms in total. The third-order valence-electron chi connectivity index (χ3n) is 2.96. The maximum absolute atomic E-state index is 11.6. The zero-order valence-corrected chi connectivity index (χ0v) is 14.9. The van der Waals surface area contributed by atoms with E-state index in [2.05, 4.69) is 15.9 Å². The minimum absolute atomic E-state index is 0.0957. The standard InChI is InChI=1S/C17H17BrO6/c1-3-21-15-8-11(9-19)7-13(18)16(15)23-10-12-5-6-14(24-12)17(20)22-4-2/h5-9H,3-4,10H2,1-2H3. The second-order valence-electron chi connectivity index (χ2n) is 4.66.